The predicted molar refractivity (Wildman–Crippen MR) is 95.3 cm³/mol. The minimum atomic E-state index is -0.0728. The van der Waals surface area contributed by atoms with Crippen molar-refractivity contribution in [2.24, 2.45) is 5.73 Å². The van der Waals surface area contributed by atoms with Crippen molar-refractivity contribution in [2.75, 3.05) is 13.2 Å². The molecular formula is C18H24N2O2S. The number of aryl methyl sites for hydroxylation is 1. The highest BCUT2D eigenvalue weighted by molar-refractivity contribution is 7.07. The number of carbonyl (C=O) groups excluding carboxylic acids is 1. The molecule has 2 aromatic rings. The van der Waals surface area contributed by atoms with Crippen LogP contribution in [0.2, 0.25) is 0 Å². The van der Waals surface area contributed by atoms with E-state index >= 15 is 0 Å². The fourth-order valence-electron chi connectivity index (χ4n) is 2.28. The van der Waals surface area contributed by atoms with Crippen LogP contribution in [0.3, 0.4) is 0 Å². The average molecular weight is 332 g/mol. The van der Waals surface area contributed by atoms with Gasteiger partial charge in [0.25, 0.3) is 5.91 Å². The van der Waals surface area contributed by atoms with Crippen molar-refractivity contribution in [3.63, 3.8) is 0 Å². The molecule has 124 valence electrons. The Hall–Kier alpha value is -1.85. The number of nitrogens with one attached hydrogen (secondary N) is 1. The van der Waals surface area contributed by atoms with Crippen LogP contribution in [-0.2, 0) is 6.42 Å². The molecule has 1 atom stereocenters. The van der Waals surface area contributed by atoms with Crippen LogP contribution in [0.1, 0.15) is 34.8 Å². The van der Waals surface area contributed by atoms with E-state index in [4.69, 9.17) is 10.5 Å². The van der Waals surface area contributed by atoms with Gasteiger partial charge in [-0.05, 0) is 73.3 Å². The van der Waals surface area contributed by atoms with Crippen LogP contribution in [0.4, 0.5) is 0 Å². The average Bonchev–Trinajstić information content (AvgIpc) is 3.02. The standard InChI is InChI=1S/C18H24N2O2S/c1-13-4-5-16(11-17(13)22-8-3-7-19)18(21)20-14(2)10-15-6-9-23-12-15/h4-6,9,11-12,14H,3,7-8,10,19H2,1-2H3,(H,20,21)/t14-/m0/s1. The molecule has 0 aliphatic heterocycles. The quantitative estimate of drug-likeness (QED) is 0.730. The zero-order chi connectivity index (χ0) is 16.7. The Morgan fingerprint density at radius 2 is 2.22 bits per heavy atom. The van der Waals surface area contributed by atoms with Gasteiger partial charge < -0.3 is 15.8 Å². The molecule has 2 rings (SSSR count). The zero-order valence-corrected chi connectivity index (χ0v) is 14.5. The third kappa shape index (κ3) is 5.37. The van der Waals surface area contributed by atoms with Crippen LogP contribution in [0.5, 0.6) is 5.75 Å². The topological polar surface area (TPSA) is 64.3 Å². The number of rotatable bonds is 8. The van der Waals surface area contributed by atoms with Crippen molar-refractivity contribution in [2.45, 2.75) is 32.7 Å². The lowest BCUT2D eigenvalue weighted by molar-refractivity contribution is 0.0939. The fraction of sp³-hybridized carbons (Fsp3) is 0.389. The van der Waals surface area contributed by atoms with Gasteiger partial charge in [0.05, 0.1) is 6.61 Å². The molecule has 5 heteroatoms. The number of nitrogens with two attached hydrogens (primary N) is 1. The summed E-state index contributed by atoms with van der Waals surface area (Å²) >= 11 is 1.67. The second-order valence-corrected chi connectivity index (χ2v) is 6.46. The third-order valence-electron chi connectivity index (χ3n) is 3.56. The number of hydrogen-bond acceptors (Lipinski definition) is 4. The first-order valence-corrected chi connectivity index (χ1v) is 8.80. The summed E-state index contributed by atoms with van der Waals surface area (Å²) in [7, 11) is 0. The summed E-state index contributed by atoms with van der Waals surface area (Å²) < 4.78 is 5.70. The van der Waals surface area contributed by atoms with E-state index in [1.54, 1.807) is 17.4 Å². The summed E-state index contributed by atoms with van der Waals surface area (Å²) in [5.41, 5.74) is 8.36. The number of ether oxygens (including phenoxy) is 1. The lowest BCUT2D eigenvalue weighted by Crippen LogP contribution is -2.34. The molecule has 0 spiro atoms. The molecule has 1 aromatic carbocycles. The van der Waals surface area contributed by atoms with Crippen molar-refractivity contribution in [1.29, 1.82) is 0 Å². The van der Waals surface area contributed by atoms with Gasteiger partial charge in [0.1, 0.15) is 5.75 Å². The first-order valence-electron chi connectivity index (χ1n) is 7.85. The van der Waals surface area contributed by atoms with E-state index in [2.05, 4.69) is 22.1 Å². The van der Waals surface area contributed by atoms with Crippen molar-refractivity contribution >= 4 is 17.2 Å². The largest absolute Gasteiger partial charge is 0.493 e. The van der Waals surface area contributed by atoms with E-state index in [1.807, 2.05) is 26.0 Å². The maximum Gasteiger partial charge on any atom is 0.251 e. The minimum absolute atomic E-state index is 0.0728. The molecule has 4 nitrogen and oxygen atoms in total. The summed E-state index contributed by atoms with van der Waals surface area (Å²) in [6.45, 7) is 5.15. The monoisotopic (exact) mass is 332 g/mol. The highest BCUT2D eigenvalue weighted by Crippen LogP contribution is 2.20. The summed E-state index contributed by atoms with van der Waals surface area (Å²) in [4.78, 5) is 12.4. The van der Waals surface area contributed by atoms with E-state index in [-0.39, 0.29) is 11.9 Å². The number of amides is 1. The van der Waals surface area contributed by atoms with Crippen molar-refractivity contribution in [1.82, 2.24) is 5.32 Å². The Morgan fingerprint density at radius 1 is 1.39 bits per heavy atom. The van der Waals surface area contributed by atoms with Crippen molar-refractivity contribution in [3.05, 3.63) is 51.7 Å². The van der Waals surface area contributed by atoms with Gasteiger partial charge >= 0.3 is 0 Å². The second-order valence-electron chi connectivity index (χ2n) is 5.68. The Bertz CT molecular complexity index is 626. The predicted octanol–water partition coefficient (Wildman–Crippen LogP) is 3.15. The van der Waals surface area contributed by atoms with E-state index in [9.17, 15) is 4.79 Å². The molecule has 0 saturated heterocycles. The highest BCUT2D eigenvalue weighted by atomic mass is 32.1. The molecule has 0 fully saturated rings. The Kier molecular flexibility index (Phi) is 6.62. The summed E-state index contributed by atoms with van der Waals surface area (Å²) in [5, 5.41) is 7.20. The maximum absolute atomic E-state index is 12.4. The lowest BCUT2D eigenvalue weighted by atomic mass is 10.1. The van der Waals surface area contributed by atoms with Gasteiger partial charge in [0.15, 0.2) is 0 Å². The normalized spacial score (nSPS) is 12.0. The van der Waals surface area contributed by atoms with Crippen molar-refractivity contribution in [3.8, 4) is 5.75 Å². The van der Waals surface area contributed by atoms with Crippen LogP contribution in [-0.4, -0.2) is 25.1 Å². The van der Waals surface area contributed by atoms with Gasteiger partial charge in [-0.2, -0.15) is 11.3 Å². The van der Waals surface area contributed by atoms with Gasteiger partial charge in [-0.25, -0.2) is 0 Å². The van der Waals surface area contributed by atoms with Crippen LogP contribution < -0.4 is 15.8 Å². The highest BCUT2D eigenvalue weighted by Gasteiger charge is 2.12. The van der Waals surface area contributed by atoms with Gasteiger partial charge in [-0.3, -0.25) is 4.79 Å². The van der Waals surface area contributed by atoms with E-state index in [0.29, 0.717) is 18.7 Å². The van der Waals surface area contributed by atoms with E-state index in [1.165, 1.54) is 5.56 Å². The van der Waals surface area contributed by atoms with E-state index < -0.39 is 0 Å². The van der Waals surface area contributed by atoms with Crippen LogP contribution in [0.25, 0.3) is 0 Å². The number of carbonyl (C=O) groups is 1. The second kappa shape index (κ2) is 8.70. The van der Waals surface area contributed by atoms with Crippen molar-refractivity contribution < 1.29 is 9.53 Å². The fourth-order valence-corrected chi connectivity index (χ4v) is 2.96. The molecule has 0 aliphatic rings. The van der Waals surface area contributed by atoms with Gasteiger partial charge in [0.2, 0.25) is 0 Å². The Balaban J connectivity index is 1.96. The molecule has 0 saturated carbocycles. The molecule has 1 amide bonds. The summed E-state index contributed by atoms with van der Waals surface area (Å²) in [6, 6.07) is 7.72. The molecule has 1 heterocycles. The molecule has 0 radical (unpaired) electrons. The van der Waals surface area contributed by atoms with Crippen LogP contribution >= 0.6 is 11.3 Å². The zero-order valence-electron chi connectivity index (χ0n) is 13.7. The Labute approximate surface area is 141 Å². The first kappa shape index (κ1) is 17.5. The molecule has 3 N–H and O–H groups in total. The van der Waals surface area contributed by atoms with Gasteiger partial charge in [-0.15, -0.1) is 0 Å². The molecule has 0 unspecified atom stereocenters. The summed E-state index contributed by atoms with van der Waals surface area (Å²) in [6.07, 6.45) is 1.63. The molecule has 1 aromatic heterocycles. The van der Waals surface area contributed by atoms with E-state index in [0.717, 1.165) is 24.2 Å². The minimum Gasteiger partial charge on any atom is -0.493 e. The number of thiophene rings is 1. The SMILES string of the molecule is Cc1ccc(C(=O)N[C@@H](C)Cc2ccsc2)cc1OCCCN. The van der Waals surface area contributed by atoms with Crippen LogP contribution in [0.15, 0.2) is 35.0 Å². The third-order valence-corrected chi connectivity index (χ3v) is 4.29. The molecule has 23 heavy (non-hydrogen) atoms. The number of hydrogen-bond donors (Lipinski definition) is 2. The number of benzene rings is 1. The van der Waals surface area contributed by atoms with Gasteiger partial charge in [-0.1, -0.05) is 6.07 Å². The Morgan fingerprint density at radius 3 is 2.91 bits per heavy atom. The van der Waals surface area contributed by atoms with Gasteiger partial charge in [0, 0.05) is 11.6 Å². The first-order chi connectivity index (χ1) is 11.1. The maximum atomic E-state index is 12.4. The summed E-state index contributed by atoms with van der Waals surface area (Å²) in [5.74, 6) is 0.674. The lowest BCUT2D eigenvalue weighted by Gasteiger charge is -2.15. The van der Waals surface area contributed by atoms with Crippen LogP contribution in [0, 0.1) is 6.92 Å². The molecule has 0 bridgehead atoms. The molecular weight excluding hydrogens is 308 g/mol. The smallest absolute Gasteiger partial charge is 0.251 e. The molecule has 0 aliphatic carbocycles.